The molecule has 4 heterocycles. The van der Waals surface area contributed by atoms with Gasteiger partial charge in [-0.15, -0.1) is 0 Å². The molecule has 8 nitrogen and oxygen atoms in total. The Kier molecular flexibility index (Phi) is 8.12. The number of nitrogens with one attached hydrogen (secondary N) is 1. The van der Waals surface area contributed by atoms with Gasteiger partial charge in [0, 0.05) is 50.7 Å². The molecule has 4 aromatic rings. The minimum atomic E-state index is -0.262. The van der Waals surface area contributed by atoms with Gasteiger partial charge >= 0.3 is 0 Å². The van der Waals surface area contributed by atoms with E-state index in [0.29, 0.717) is 23.2 Å². The third kappa shape index (κ3) is 6.96. The molecular formula is C28H30N6O2S. The summed E-state index contributed by atoms with van der Waals surface area (Å²) in [5.74, 6) is 2.23. The molecule has 1 saturated heterocycles. The highest BCUT2D eigenvalue weighted by Gasteiger charge is 2.19. The van der Waals surface area contributed by atoms with E-state index in [1.165, 1.54) is 17.3 Å². The maximum atomic E-state index is 12.4. The average Bonchev–Trinajstić information content (AvgIpc) is 3.41. The Labute approximate surface area is 221 Å². The highest BCUT2D eigenvalue weighted by atomic mass is 32.2. The zero-order valence-corrected chi connectivity index (χ0v) is 21.7. The van der Waals surface area contributed by atoms with Crippen molar-refractivity contribution < 1.29 is 9.21 Å². The van der Waals surface area contributed by atoms with Crippen molar-refractivity contribution in [1.29, 1.82) is 0 Å². The van der Waals surface area contributed by atoms with Crippen molar-refractivity contribution in [2.45, 2.75) is 30.9 Å². The summed E-state index contributed by atoms with van der Waals surface area (Å²) < 4.78 is 5.77. The van der Waals surface area contributed by atoms with Gasteiger partial charge in [-0.1, -0.05) is 48.2 Å². The largest absolute Gasteiger partial charge is 0.455 e. The zero-order valence-electron chi connectivity index (χ0n) is 20.8. The van der Waals surface area contributed by atoms with Crippen LogP contribution in [-0.4, -0.2) is 51.9 Å². The van der Waals surface area contributed by atoms with Gasteiger partial charge < -0.3 is 14.6 Å². The molecule has 1 aliphatic rings. The lowest BCUT2D eigenvalue weighted by atomic mass is 10.2. The zero-order chi connectivity index (χ0) is 25.5. The third-order valence-electron chi connectivity index (χ3n) is 6.15. The Morgan fingerprint density at radius 1 is 1.00 bits per heavy atom. The first kappa shape index (κ1) is 25.0. The standard InChI is InChI=1S/C28H30N6O2S/c1-21-17-26(34-15-13-33(14-16-34)19-22-7-3-2-4-8-22)32-28(31-21)37-20-24-10-11-25(36-24)27(35)30-18-23-9-5-6-12-29-23/h2-12,17H,13-16,18-20H2,1H3,(H,30,35). The fraction of sp³-hybridized carbons (Fsp3) is 0.286. The smallest absolute Gasteiger partial charge is 0.287 e. The van der Waals surface area contributed by atoms with Gasteiger partial charge in [0.15, 0.2) is 10.9 Å². The number of rotatable bonds is 9. The Hall–Kier alpha value is -3.69. The molecule has 1 fully saturated rings. The summed E-state index contributed by atoms with van der Waals surface area (Å²) in [7, 11) is 0. The molecule has 0 saturated carbocycles. The van der Waals surface area contributed by atoms with Crippen molar-refractivity contribution in [1.82, 2.24) is 25.2 Å². The van der Waals surface area contributed by atoms with E-state index in [2.05, 4.69) is 55.4 Å². The minimum absolute atomic E-state index is 0.262. The molecule has 0 aliphatic carbocycles. The maximum Gasteiger partial charge on any atom is 0.287 e. The number of benzene rings is 1. The number of furan rings is 1. The van der Waals surface area contributed by atoms with E-state index in [1.807, 2.05) is 37.3 Å². The lowest BCUT2D eigenvalue weighted by molar-refractivity contribution is 0.0921. The molecule has 1 aromatic carbocycles. The number of thioether (sulfide) groups is 1. The normalized spacial score (nSPS) is 14.0. The van der Waals surface area contributed by atoms with E-state index >= 15 is 0 Å². The molecule has 0 radical (unpaired) electrons. The van der Waals surface area contributed by atoms with Crippen LogP contribution in [0.5, 0.6) is 0 Å². The van der Waals surface area contributed by atoms with Crippen LogP contribution in [0.15, 0.2) is 82.5 Å². The van der Waals surface area contributed by atoms with Crippen LogP contribution in [0.2, 0.25) is 0 Å². The Balaban J connectivity index is 1.13. The number of amides is 1. The summed E-state index contributed by atoms with van der Waals surface area (Å²) in [5.41, 5.74) is 3.08. The number of piperazine rings is 1. The number of hydrogen-bond acceptors (Lipinski definition) is 8. The highest BCUT2D eigenvalue weighted by molar-refractivity contribution is 7.98. The van der Waals surface area contributed by atoms with Crippen LogP contribution < -0.4 is 10.2 Å². The Bertz CT molecular complexity index is 1310. The molecule has 190 valence electrons. The molecule has 9 heteroatoms. The number of pyridine rings is 1. The predicted octanol–water partition coefficient (Wildman–Crippen LogP) is 4.32. The van der Waals surface area contributed by atoms with E-state index in [0.717, 1.165) is 49.9 Å². The summed E-state index contributed by atoms with van der Waals surface area (Å²) >= 11 is 1.51. The summed E-state index contributed by atoms with van der Waals surface area (Å²) in [6.07, 6.45) is 1.70. The first-order chi connectivity index (χ1) is 18.1. The van der Waals surface area contributed by atoms with Crippen molar-refractivity contribution in [2.75, 3.05) is 31.1 Å². The van der Waals surface area contributed by atoms with E-state index < -0.39 is 0 Å². The highest BCUT2D eigenvalue weighted by Crippen LogP contribution is 2.24. The van der Waals surface area contributed by atoms with Crippen LogP contribution in [0.4, 0.5) is 5.82 Å². The van der Waals surface area contributed by atoms with Crippen LogP contribution in [0.1, 0.15) is 33.3 Å². The average molecular weight is 515 g/mol. The topological polar surface area (TPSA) is 87.4 Å². The van der Waals surface area contributed by atoms with Crippen LogP contribution in [0.25, 0.3) is 0 Å². The SMILES string of the molecule is Cc1cc(N2CCN(Cc3ccccc3)CC2)nc(SCc2ccc(C(=O)NCc3ccccn3)o2)n1. The predicted molar refractivity (Wildman–Crippen MR) is 144 cm³/mol. The first-order valence-corrected chi connectivity index (χ1v) is 13.4. The van der Waals surface area contributed by atoms with Crippen LogP contribution >= 0.6 is 11.8 Å². The van der Waals surface area contributed by atoms with E-state index in [4.69, 9.17) is 9.40 Å². The van der Waals surface area contributed by atoms with E-state index in [-0.39, 0.29) is 11.7 Å². The summed E-state index contributed by atoms with van der Waals surface area (Å²) in [6.45, 7) is 7.19. The molecule has 1 N–H and O–H groups in total. The number of anilines is 1. The van der Waals surface area contributed by atoms with Gasteiger partial charge in [-0.2, -0.15) is 0 Å². The van der Waals surface area contributed by atoms with Crippen LogP contribution in [0.3, 0.4) is 0 Å². The van der Waals surface area contributed by atoms with Crippen molar-refractivity contribution in [3.63, 3.8) is 0 Å². The van der Waals surface area contributed by atoms with Gasteiger partial charge in [-0.3, -0.25) is 14.7 Å². The van der Waals surface area contributed by atoms with Gasteiger partial charge in [-0.05, 0) is 36.8 Å². The number of aromatic nitrogens is 3. The maximum absolute atomic E-state index is 12.4. The molecule has 3 aromatic heterocycles. The second kappa shape index (κ2) is 12.0. The van der Waals surface area contributed by atoms with Gasteiger partial charge in [0.05, 0.1) is 18.0 Å². The molecule has 0 unspecified atom stereocenters. The number of nitrogens with zero attached hydrogens (tertiary/aromatic N) is 5. The minimum Gasteiger partial charge on any atom is -0.455 e. The number of aryl methyl sites for hydroxylation is 1. The van der Waals surface area contributed by atoms with Crippen molar-refractivity contribution in [2.24, 2.45) is 0 Å². The second-order valence-electron chi connectivity index (χ2n) is 8.96. The van der Waals surface area contributed by atoms with Crippen molar-refractivity contribution in [3.8, 4) is 0 Å². The van der Waals surface area contributed by atoms with Gasteiger partial charge in [0.25, 0.3) is 5.91 Å². The molecule has 5 rings (SSSR count). The van der Waals surface area contributed by atoms with Gasteiger partial charge in [-0.25, -0.2) is 9.97 Å². The summed E-state index contributed by atoms with van der Waals surface area (Å²) in [5, 5.41) is 3.54. The summed E-state index contributed by atoms with van der Waals surface area (Å²) in [6, 6.07) is 21.8. The Morgan fingerprint density at radius 2 is 1.81 bits per heavy atom. The molecular weight excluding hydrogens is 484 g/mol. The quantitative estimate of drug-likeness (QED) is 0.261. The summed E-state index contributed by atoms with van der Waals surface area (Å²) in [4.78, 5) is 30.9. The molecule has 0 bridgehead atoms. The van der Waals surface area contributed by atoms with Gasteiger partial charge in [0.2, 0.25) is 0 Å². The second-order valence-corrected chi connectivity index (χ2v) is 9.90. The lowest BCUT2D eigenvalue weighted by Gasteiger charge is -2.35. The number of carbonyl (C=O) groups excluding carboxylic acids is 1. The van der Waals surface area contributed by atoms with Crippen LogP contribution in [-0.2, 0) is 18.8 Å². The monoisotopic (exact) mass is 514 g/mol. The van der Waals surface area contributed by atoms with Crippen molar-refractivity contribution in [3.05, 3.63) is 101 Å². The number of carbonyl (C=O) groups is 1. The molecule has 0 spiro atoms. The molecule has 0 atom stereocenters. The third-order valence-corrected chi connectivity index (χ3v) is 7.02. The molecule has 37 heavy (non-hydrogen) atoms. The van der Waals surface area contributed by atoms with E-state index in [1.54, 1.807) is 12.3 Å². The number of hydrogen-bond donors (Lipinski definition) is 1. The Morgan fingerprint density at radius 3 is 2.59 bits per heavy atom. The van der Waals surface area contributed by atoms with Crippen LogP contribution in [0, 0.1) is 6.92 Å². The fourth-order valence-corrected chi connectivity index (χ4v) is 5.00. The fourth-order valence-electron chi connectivity index (χ4n) is 4.20. The first-order valence-electron chi connectivity index (χ1n) is 12.4. The van der Waals surface area contributed by atoms with Gasteiger partial charge in [0.1, 0.15) is 11.6 Å². The molecule has 1 aliphatic heterocycles. The molecule has 1 amide bonds. The van der Waals surface area contributed by atoms with E-state index in [9.17, 15) is 4.79 Å². The lowest BCUT2D eigenvalue weighted by Crippen LogP contribution is -2.46. The van der Waals surface area contributed by atoms with Crippen molar-refractivity contribution >= 4 is 23.5 Å².